The minimum Gasteiger partial charge on any atom is -0.330 e. The van der Waals surface area contributed by atoms with Crippen LogP contribution in [0.15, 0.2) is 11.4 Å². The van der Waals surface area contributed by atoms with Gasteiger partial charge >= 0.3 is 0 Å². The molecular weight excluding hydrogens is 216 g/mol. The maximum atomic E-state index is 5.67. The van der Waals surface area contributed by atoms with Crippen molar-refractivity contribution in [3.63, 3.8) is 0 Å². The lowest BCUT2D eigenvalue weighted by Gasteiger charge is -2.34. The third-order valence-electron chi connectivity index (χ3n) is 3.72. The van der Waals surface area contributed by atoms with E-state index >= 15 is 0 Å². The summed E-state index contributed by atoms with van der Waals surface area (Å²) in [6.07, 6.45) is 2.45. The van der Waals surface area contributed by atoms with Crippen molar-refractivity contribution in [1.82, 2.24) is 4.90 Å². The maximum Gasteiger partial charge on any atom is 0.0331 e. The average molecular weight is 238 g/mol. The van der Waals surface area contributed by atoms with Crippen LogP contribution < -0.4 is 5.73 Å². The minimum absolute atomic E-state index is 0.597. The Morgan fingerprint density at radius 3 is 3.19 bits per heavy atom. The van der Waals surface area contributed by atoms with E-state index in [1.807, 2.05) is 11.3 Å². The van der Waals surface area contributed by atoms with Gasteiger partial charge in [-0.1, -0.05) is 6.92 Å². The van der Waals surface area contributed by atoms with Gasteiger partial charge in [0.05, 0.1) is 0 Å². The molecule has 2 unspecified atom stereocenters. The molecule has 0 aliphatic carbocycles. The zero-order valence-corrected chi connectivity index (χ0v) is 11.1. The van der Waals surface area contributed by atoms with Gasteiger partial charge in [-0.3, -0.25) is 4.90 Å². The van der Waals surface area contributed by atoms with Gasteiger partial charge in [0, 0.05) is 17.5 Å². The summed E-state index contributed by atoms with van der Waals surface area (Å²) >= 11 is 1.91. The van der Waals surface area contributed by atoms with Crippen LogP contribution in [0.4, 0.5) is 0 Å². The number of rotatable bonds is 4. The molecule has 2 rings (SSSR count). The molecule has 0 radical (unpaired) electrons. The van der Waals surface area contributed by atoms with E-state index < -0.39 is 0 Å². The molecule has 0 saturated heterocycles. The smallest absolute Gasteiger partial charge is 0.0331 e. The maximum absolute atomic E-state index is 5.67. The second-order valence-corrected chi connectivity index (χ2v) is 5.89. The van der Waals surface area contributed by atoms with Crippen LogP contribution in [-0.4, -0.2) is 24.5 Å². The van der Waals surface area contributed by atoms with Crippen LogP contribution in [0.1, 0.15) is 36.8 Å². The van der Waals surface area contributed by atoms with E-state index in [0.717, 1.165) is 6.54 Å². The summed E-state index contributed by atoms with van der Waals surface area (Å²) in [6.45, 7) is 7.79. The second-order valence-electron chi connectivity index (χ2n) is 4.89. The molecule has 1 aliphatic rings. The van der Waals surface area contributed by atoms with Crippen molar-refractivity contribution in [2.45, 2.75) is 32.7 Å². The van der Waals surface area contributed by atoms with Crippen molar-refractivity contribution >= 4 is 11.3 Å². The van der Waals surface area contributed by atoms with E-state index in [1.165, 1.54) is 25.9 Å². The van der Waals surface area contributed by atoms with E-state index in [4.69, 9.17) is 5.73 Å². The lowest BCUT2D eigenvalue weighted by atomic mass is 10.00. The van der Waals surface area contributed by atoms with E-state index in [9.17, 15) is 0 Å². The summed E-state index contributed by atoms with van der Waals surface area (Å²) in [4.78, 5) is 4.19. The van der Waals surface area contributed by atoms with Gasteiger partial charge in [0.1, 0.15) is 0 Å². The molecule has 0 aromatic carbocycles. The number of thiophene rings is 1. The van der Waals surface area contributed by atoms with Crippen LogP contribution in [-0.2, 0) is 6.42 Å². The van der Waals surface area contributed by atoms with E-state index in [1.54, 1.807) is 10.4 Å². The first-order valence-electron chi connectivity index (χ1n) is 6.22. The molecule has 16 heavy (non-hydrogen) atoms. The number of hydrogen-bond acceptors (Lipinski definition) is 3. The number of nitrogens with two attached hydrogens (primary N) is 1. The van der Waals surface area contributed by atoms with Crippen LogP contribution in [0.3, 0.4) is 0 Å². The van der Waals surface area contributed by atoms with Crippen LogP contribution in [0.2, 0.25) is 0 Å². The Morgan fingerprint density at radius 2 is 2.44 bits per heavy atom. The lowest BCUT2D eigenvalue weighted by molar-refractivity contribution is 0.188. The molecule has 0 fully saturated rings. The summed E-state index contributed by atoms with van der Waals surface area (Å²) in [5.74, 6) is 0.649. The number of hydrogen-bond donors (Lipinski definition) is 1. The average Bonchev–Trinajstić information content (AvgIpc) is 2.76. The molecule has 1 aromatic rings. The molecule has 90 valence electrons. The highest BCUT2D eigenvalue weighted by Gasteiger charge is 2.24. The van der Waals surface area contributed by atoms with Gasteiger partial charge in [-0.05, 0) is 55.8 Å². The third-order valence-corrected chi connectivity index (χ3v) is 4.71. The topological polar surface area (TPSA) is 29.3 Å². The molecule has 0 spiro atoms. The monoisotopic (exact) mass is 238 g/mol. The highest BCUT2D eigenvalue weighted by atomic mass is 32.1. The van der Waals surface area contributed by atoms with Gasteiger partial charge in [0.25, 0.3) is 0 Å². The largest absolute Gasteiger partial charge is 0.330 e. The van der Waals surface area contributed by atoms with Gasteiger partial charge in [0.15, 0.2) is 0 Å². The van der Waals surface area contributed by atoms with Crippen molar-refractivity contribution in [3.8, 4) is 0 Å². The minimum atomic E-state index is 0.597. The predicted molar refractivity (Wildman–Crippen MR) is 70.8 cm³/mol. The molecular formula is C13H22N2S. The van der Waals surface area contributed by atoms with Crippen LogP contribution >= 0.6 is 11.3 Å². The molecule has 0 bridgehead atoms. The molecule has 1 aromatic heterocycles. The van der Waals surface area contributed by atoms with Crippen molar-refractivity contribution in [2.24, 2.45) is 11.7 Å². The summed E-state index contributed by atoms with van der Waals surface area (Å²) in [5, 5.41) is 2.23. The van der Waals surface area contributed by atoms with Gasteiger partial charge in [0.2, 0.25) is 0 Å². The highest BCUT2D eigenvalue weighted by Crippen LogP contribution is 2.32. The lowest BCUT2D eigenvalue weighted by Crippen LogP contribution is -2.35. The Kier molecular flexibility index (Phi) is 4.00. The Labute approximate surface area is 102 Å². The van der Waals surface area contributed by atoms with Gasteiger partial charge in [-0.2, -0.15) is 0 Å². The zero-order valence-electron chi connectivity index (χ0n) is 10.3. The second kappa shape index (κ2) is 5.30. The summed E-state index contributed by atoms with van der Waals surface area (Å²) in [6, 6.07) is 2.89. The highest BCUT2D eigenvalue weighted by molar-refractivity contribution is 7.10. The van der Waals surface area contributed by atoms with Gasteiger partial charge in [-0.15, -0.1) is 11.3 Å². The Morgan fingerprint density at radius 1 is 1.62 bits per heavy atom. The molecule has 1 aliphatic heterocycles. The first-order chi connectivity index (χ1) is 7.72. The first kappa shape index (κ1) is 12.1. The zero-order chi connectivity index (χ0) is 11.5. The Balaban J connectivity index is 1.94. The quantitative estimate of drug-likeness (QED) is 0.874. The standard InChI is InChI=1S/C13H22N2S/c1-10(9-14)3-6-15-7-4-13-12(11(15)2)5-8-16-13/h5,8,10-11H,3-4,6-7,9,14H2,1-2H3. The van der Waals surface area contributed by atoms with Crippen molar-refractivity contribution in [3.05, 3.63) is 21.9 Å². The van der Waals surface area contributed by atoms with Crippen LogP contribution in [0.5, 0.6) is 0 Å². The molecule has 0 saturated carbocycles. The SMILES string of the molecule is CC(CN)CCN1CCc2sccc2C1C. The summed E-state index contributed by atoms with van der Waals surface area (Å²) in [7, 11) is 0. The molecule has 2 atom stereocenters. The fraction of sp³-hybridized carbons (Fsp3) is 0.692. The van der Waals surface area contributed by atoms with Crippen molar-refractivity contribution in [1.29, 1.82) is 0 Å². The predicted octanol–water partition coefficient (Wildman–Crippen LogP) is 2.65. The number of fused-ring (bicyclic) bond motifs is 1. The molecule has 2 N–H and O–H groups in total. The Bertz CT molecular complexity index is 334. The van der Waals surface area contributed by atoms with Gasteiger partial charge < -0.3 is 5.73 Å². The first-order valence-corrected chi connectivity index (χ1v) is 7.10. The van der Waals surface area contributed by atoms with E-state index in [0.29, 0.717) is 12.0 Å². The summed E-state index contributed by atoms with van der Waals surface area (Å²) in [5.41, 5.74) is 7.22. The third kappa shape index (κ3) is 2.47. The normalized spacial score (nSPS) is 23.1. The molecule has 0 amide bonds. The van der Waals surface area contributed by atoms with E-state index in [2.05, 4.69) is 30.2 Å². The van der Waals surface area contributed by atoms with Crippen molar-refractivity contribution < 1.29 is 0 Å². The fourth-order valence-electron chi connectivity index (χ4n) is 2.37. The van der Waals surface area contributed by atoms with E-state index in [-0.39, 0.29) is 0 Å². The summed E-state index contributed by atoms with van der Waals surface area (Å²) < 4.78 is 0. The van der Waals surface area contributed by atoms with Crippen molar-refractivity contribution in [2.75, 3.05) is 19.6 Å². The Hall–Kier alpha value is -0.380. The van der Waals surface area contributed by atoms with Crippen LogP contribution in [0, 0.1) is 5.92 Å². The molecule has 2 heterocycles. The van der Waals surface area contributed by atoms with Crippen LogP contribution in [0.25, 0.3) is 0 Å². The molecule has 3 heteroatoms. The fourth-order valence-corrected chi connectivity index (χ4v) is 3.33. The molecule has 2 nitrogen and oxygen atoms in total. The number of nitrogens with zero attached hydrogens (tertiary/aromatic N) is 1. The van der Waals surface area contributed by atoms with Gasteiger partial charge in [-0.25, -0.2) is 0 Å².